The van der Waals surface area contributed by atoms with Crippen molar-refractivity contribution in [1.29, 1.82) is 0 Å². The van der Waals surface area contributed by atoms with Crippen LogP contribution in [0.1, 0.15) is 38.5 Å². The van der Waals surface area contributed by atoms with Gasteiger partial charge >= 0.3 is 6.09 Å². The van der Waals surface area contributed by atoms with E-state index < -0.39 is 11.7 Å². The summed E-state index contributed by atoms with van der Waals surface area (Å²) in [5, 5.41) is 15.8. The predicted octanol–water partition coefficient (Wildman–Crippen LogP) is 3.78. The predicted molar refractivity (Wildman–Crippen MR) is 162 cm³/mol. The Bertz CT molecular complexity index is 1240. The molecule has 2 aromatic rings. The number of methoxy groups -OCH3 is 1. The van der Waals surface area contributed by atoms with Crippen LogP contribution in [0.2, 0.25) is 0 Å². The minimum absolute atomic E-state index is 0.0900. The van der Waals surface area contributed by atoms with Gasteiger partial charge in [-0.3, -0.25) is 4.90 Å². The number of hydroxylamine groups is 1. The molecule has 1 aromatic carbocycles. The summed E-state index contributed by atoms with van der Waals surface area (Å²) in [6, 6.07) is 12.4. The number of amides is 1. The van der Waals surface area contributed by atoms with Crippen LogP contribution >= 0.6 is 0 Å². The second-order valence-electron chi connectivity index (χ2n) is 13.0. The maximum atomic E-state index is 13.1. The Balaban J connectivity index is 0.973. The van der Waals surface area contributed by atoms with Gasteiger partial charge in [0.15, 0.2) is 0 Å². The Kier molecular flexibility index (Phi) is 7.62. The maximum Gasteiger partial charge on any atom is 0.431 e. The van der Waals surface area contributed by atoms with Gasteiger partial charge in [-0.15, -0.1) is 0 Å². The molecular formula is C32H44N6O4. The molecule has 1 amide bonds. The van der Waals surface area contributed by atoms with Gasteiger partial charge in [0.05, 0.1) is 35.4 Å². The standard InChI is InChI=1S/C32H44N6O4/c1-41-16-4-9-35-10-12-36(13-11-35)26-7-8-29(33-22-26)37-14-15-38(28-6-3-2-5-27(28)37)42-31(39)34-30-24-17-23-18-25(30)21-32(40,19-23)20-24/h2-3,5-8,22-25,30,40H,4,9-21H2,1H3,(H,34,39)/t23?,24-,25+,30?,32?. The van der Waals surface area contributed by atoms with E-state index in [1.807, 2.05) is 24.4 Å². The van der Waals surface area contributed by atoms with Crippen molar-refractivity contribution < 1.29 is 19.5 Å². The summed E-state index contributed by atoms with van der Waals surface area (Å²) in [4.78, 5) is 31.0. The van der Waals surface area contributed by atoms with Gasteiger partial charge in [-0.05, 0) is 80.5 Å². The molecule has 2 aliphatic heterocycles. The topological polar surface area (TPSA) is 93.6 Å². The molecule has 5 atom stereocenters. The zero-order valence-electron chi connectivity index (χ0n) is 24.7. The van der Waals surface area contributed by atoms with E-state index in [9.17, 15) is 9.90 Å². The number of pyridine rings is 1. The minimum atomic E-state index is -0.515. The Labute approximate surface area is 248 Å². The molecule has 4 saturated carbocycles. The van der Waals surface area contributed by atoms with Gasteiger partial charge in [-0.1, -0.05) is 12.1 Å². The van der Waals surface area contributed by atoms with Gasteiger partial charge in [0.1, 0.15) is 5.82 Å². The van der Waals surface area contributed by atoms with Crippen molar-refractivity contribution in [3.63, 3.8) is 0 Å². The van der Waals surface area contributed by atoms with Crippen molar-refractivity contribution in [2.45, 2.75) is 50.2 Å². The van der Waals surface area contributed by atoms with E-state index in [1.54, 1.807) is 12.2 Å². The zero-order chi connectivity index (χ0) is 28.7. The SMILES string of the molecule is COCCCN1CCN(c2ccc(N3CCN(OC(=O)NC4[C@@H]5CC6C[C@H]4CC(O)(C6)C5)c4ccccc43)nc2)CC1. The van der Waals surface area contributed by atoms with E-state index >= 15 is 0 Å². The molecule has 10 nitrogen and oxygen atoms in total. The van der Waals surface area contributed by atoms with Crippen molar-refractivity contribution in [2.75, 3.05) is 74.4 Å². The highest BCUT2D eigenvalue weighted by Crippen LogP contribution is 2.55. The highest BCUT2D eigenvalue weighted by Gasteiger charge is 2.55. The van der Waals surface area contributed by atoms with E-state index in [0.717, 1.165) is 101 Å². The van der Waals surface area contributed by atoms with Crippen molar-refractivity contribution in [1.82, 2.24) is 15.2 Å². The summed E-state index contributed by atoms with van der Waals surface area (Å²) < 4.78 is 5.19. The van der Waals surface area contributed by atoms with Crippen LogP contribution in [0.3, 0.4) is 0 Å². The van der Waals surface area contributed by atoms with E-state index in [0.29, 0.717) is 30.8 Å². The number of aromatic nitrogens is 1. The third kappa shape index (κ3) is 5.52. The Morgan fingerprint density at radius 3 is 2.45 bits per heavy atom. The van der Waals surface area contributed by atoms with Crippen LogP contribution in [0.25, 0.3) is 0 Å². The molecule has 42 heavy (non-hydrogen) atoms. The average Bonchev–Trinajstić information content (AvgIpc) is 2.99. The largest absolute Gasteiger partial charge is 0.431 e. The summed E-state index contributed by atoms with van der Waals surface area (Å²) in [6.07, 6.45) is 7.38. The summed E-state index contributed by atoms with van der Waals surface area (Å²) in [6.45, 7) is 7.20. The van der Waals surface area contributed by atoms with Crippen molar-refractivity contribution in [2.24, 2.45) is 17.8 Å². The van der Waals surface area contributed by atoms with E-state index in [2.05, 4.69) is 38.2 Å². The number of benzene rings is 1. The summed E-state index contributed by atoms with van der Waals surface area (Å²) >= 11 is 0. The first-order valence-corrected chi connectivity index (χ1v) is 15.8. The summed E-state index contributed by atoms with van der Waals surface area (Å²) in [7, 11) is 1.76. The van der Waals surface area contributed by atoms with Gasteiger partial charge < -0.3 is 29.8 Å². The molecule has 8 rings (SSSR count). The monoisotopic (exact) mass is 576 g/mol. The second kappa shape index (κ2) is 11.5. The van der Waals surface area contributed by atoms with Gasteiger partial charge in [-0.25, -0.2) is 14.8 Å². The number of para-hydroxylation sites is 2. The number of nitrogens with one attached hydrogen (secondary N) is 1. The number of piperazine rings is 1. The number of rotatable bonds is 8. The molecule has 3 heterocycles. The fraction of sp³-hybridized carbons (Fsp3) is 0.625. The number of fused-ring (bicyclic) bond motifs is 1. The third-order valence-electron chi connectivity index (χ3n) is 10.3. The highest BCUT2D eigenvalue weighted by molar-refractivity contribution is 5.79. The molecule has 4 aliphatic carbocycles. The maximum absolute atomic E-state index is 13.1. The Hall–Kier alpha value is -3.08. The second-order valence-corrected chi connectivity index (χ2v) is 13.0. The minimum Gasteiger partial charge on any atom is -0.390 e. The lowest BCUT2D eigenvalue weighted by atomic mass is 9.52. The van der Waals surface area contributed by atoms with Crippen LogP contribution in [0, 0.1) is 17.8 Å². The van der Waals surface area contributed by atoms with Crippen LogP contribution in [-0.4, -0.2) is 92.3 Å². The molecular weight excluding hydrogens is 532 g/mol. The lowest BCUT2D eigenvalue weighted by molar-refractivity contribution is -0.137. The number of aliphatic hydroxyl groups is 1. The fourth-order valence-electron chi connectivity index (χ4n) is 8.53. The molecule has 226 valence electrons. The van der Waals surface area contributed by atoms with E-state index in [-0.39, 0.29) is 6.04 Å². The van der Waals surface area contributed by atoms with Gasteiger partial charge in [0, 0.05) is 59.0 Å². The van der Waals surface area contributed by atoms with Crippen molar-refractivity contribution in [3.8, 4) is 0 Å². The van der Waals surface area contributed by atoms with Crippen LogP contribution in [0.4, 0.5) is 27.7 Å². The fourth-order valence-corrected chi connectivity index (χ4v) is 8.53. The number of carbonyl (C=O) groups excluding carboxylic acids is 1. The molecule has 1 saturated heterocycles. The molecule has 3 unspecified atom stereocenters. The first-order valence-electron chi connectivity index (χ1n) is 15.8. The molecule has 6 aliphatic rings. The lowest BCUT2D eigenvalue weighted by Gasteiger charge is -2.57. The normalized spacial score (nSPS) is 30.4. The van der Waals surface area contributed by atoms with Crippen molar-refractivity contribution in [3.05, 3.63) is 42.6 Å². The van der Waals surface area contributed by atoms with Gasteiger partial charge in [0.25, 0.3) is 0 Å². The smallest absolute Gasteiger partial charge is 0.390 e. The number of anilines is 4. The van der Waals surface area contributed by atoms with Crippen LogP contribution in [0.15, 0.2) is 42.6 Å². The molecule has 4 bridgehead atoms. The first kappa shape index (κ1) is 27.7. The molecule has 5 fully saturated rings. The third-order valence-corrected chi connectivity index (χ3v) is 10.3. The molecule has 0 spiro atoms. The van der Waals surface area contributed by atoms with Gasteiger partial charge in [-0.2, -0.15) is 0 Å². The molecule has 2 N–H and O–H groups in total. The highest BCUT2D eigenvalue weighted by atomic mass is 16.7. The number of ether oxygens (including phenoxy) is 1. The van der Waals surface area contributed by atoms with E-state index in [4.69, 9.17) is 14.6 Å². The van der Waals surface area contributed by atoms with Crippen LogP contribution in [0.5, 0.6) is 0 Å². The van der Waals surface area contributed by atoms with E-state index in [1.165, 1.54) is 0 Å². The number of nitrogens with zero attached hydrogens (tertiary/aromatic N) is 5. The molecule has 0 radical (unpaired) electrons. The zero-order valence-corrected chi connectivity index (χ0v) is 24.7. The Morgan fingerprint density at radius 1 is 1.00 bits per heavy atom. The van der Waals surface area contributed by atoms with Gasteiger partial charge in [0.2, 0.25) is 0 Å². The van der Waals surface area contributed by atoms with Crippen LogP contribution < -0.4 is 20.2 Å². The number of hydrogen-bond acceptors (Lipinski definition) is 9. The molecule has 1 aromatic heterocycles. The number of hydrogen-bond donors (Lipinski definition) is 2. The molecule has 10 heteroatoms. The van der Waals surface area contributed by atoms with Crippen molar-refractivity contribution >= 4 is 29.0 Å². The summed E-state index contributed by atoms with van der Waals surface area (Å²) in [5.41, 5.74) is 2.46. The number of carbonyl (C=O) groups is 1. The van der Waals surface area contributed by atoms with Crippen LogP contribution in [-0.2, 0) is 9.57 Å². The average molecular weight is 577 g/mol. The quantitative estimate of drug-likeness (QED) is 0.456. The Morgan fingerprint density at radius 2 is 1.76 bits per heavy atom. The summed E-state index contributed by atoms with van der Waals surface area (Å²) in [5.74, 6) is 2.18. The lowest BCUT2D eigenvalue weighted by Crippen LogP contribution is -2.62. The first-order chi connectivity index (χ1) is 20.5.